The zero-order chi connectivity index (χ0) is 12.3. The fraction of sp³-hybridized carbons (Fsp3) is 0.333. The molecule has 2 nitrogen and oxygen atoms in total. The molecule has 2 N–H and O–H groups in total. The molecular formula is C15H20N2. The van der Waals surface area contributed by atoms with E-state index in [0.717, 1.165) is 6.54 Å². The van der Waals surface area contributed by atoms with Crippen LogP contribution >= 0.6 is 0 Å². The van der Waals surface area contributed by atoms with Gasteiger partial charge in [0.2, 0.25) is 0 Å². The molecule has 0 saturated carbocycles. The summed E-state index contributed by atoms with van der Waals surface area (Å²) < 4.78 is 0. The topological polar surface area (TPSA) is 27.8 Å². The first-order chi connectivity index (χ1) is 8.07. The SMILES string of the molecule is CC(C)(C)c1ccccc1NCc1cc[nH]c1. The van der Waals surface area contributed by atoms with Crippen LogP contribution in [0.3, 0.4) is 0 Å². The third kappa shape index (κ3) is 2.90. The van der Waals surface area contributed by atoms with Gasteiger partial charge < -0.3 is 10.3 Å². The van der Waals surface area contributed by atoms with Crippen LogP contribution in [0.5, 0.6) is 0 Å². The second kappa shape index (κ2) is 4.66. The van der Waals surface area contributed by atoms with Crippen LogP contribution in [-0.2, 0) is 12.0 Å². The summed E-state index contributed by atoms with van der Waals surface area (Å²) in [6.45, 7) is 7.58. The lowest BCUT2D eigenvalue weighted by atomic mass is 9.86. The summed E-state index contributed by atoms with van der Waals surface area (Å²) in [5, 5.41) is 3.50. The summed E-state index contributed by atoms with van der Waals surface area (Å²) >= 11 is 0. The molecule has 2 heteroatoms. The number of anilines is 1. The van der Waals surface area contributed by atoms with E-state index < -0.39 is 0 Å². The molecule has 2 rings (SSSR count). The largest absolute Gasteiger partial charge is 0.381 e. The molecule has 1 aromatic heterocycles. The molecule has 17 heavy (non-hydrogen) atoms. The van der Waals surface area contributed by atoms with Crippen molar-refractivity contribution in [2.24, 2.45) is 0 Å². The minimum Gasteiger partial charge on any atom is -0.381 e. The number of H-pyrrole nitrogens is 1. The Morgan fingerprint density at radius 3 is 2.53 bits per heavy atom. The molecule has 0 radical (unpaired) electrons. The van der Waals surface area contributed by atoms with Crippen LogP contribution < -0.4 is 5.32 Å². The molecular weight excluding hydrogens is 208 g/mol. The summed E-state index contributed by atoms with van der Waals surface area (Å²) in [5.74, 6) is 0. The van der Waals surface area contributed by atoms with Gasteiger partial charge in [-0.3, -0.25) is 0 Å². The van der Waals surface area contributed by atoms with E-state index in [1.807, 2.05) is 12.4 Å². The molecule has 90 valence electrons. The quantitative estimate of drug-likeness (QED) is 0.818. The number of benzene rings is 1. The van der Waals surface area contributed by atoms with Gasteiger partial charge in [0, 0.05) is 24.6 Å². The number of hydrogen-bond donors (Lipinski definition) is 2. The van der Waals surface area contributed by atoms with E-state index in [2.05, 4.69) is 61.4 Å². The molecule has 0 unspecified atom stereocenters. The summed E-state index contributed by atoms with van der Waals surface area (Å²) in [4.78, 5) is 3.07. The number of hydrogen-bond acceptors (Lipinski definition) is 1. The smallest absolute Gasteiger partial charge is 0.0415 e. The minimum atomic E-state index is 0.168. The van der Waals surface area contributed by atoms with E-state index in [9.17, 15) is 0 Å². The highest BCUT2D eigenvalue weighted by atomic mass is 14.9. The van der Waals surface area contributed by atoms with Crippen molar-refractivity contribution in [1.29, 1.82) is 0 Å². The van der Waals surface area contributed by atoms with E-state index >= 15 is 0 Å². The van der Waals surface area contributed by atoms with E-state index in [1.165, 1.54) is 16.8 Å². The highest BCUT2D eigenvalue weighted by molar-refractivity contribution is 5.54. The zero-order valence-electron chi connectivity index (χ0n) is 10.7. The van der Waals surface area contributed by atoms with Gasteiger partial charge in [-0.15, -0.1) is 0 Å². The number of aromatic nitrogens is 1. The molecule has 2 aromatic rings. The molecule has 0 aliphatic rings. The second-order valence-electron chi connectivity index (χ2n) is 5.37. The maximum absolute atomic E-state index is 3.50. The van der Waals surface area contributed by atoms with Gasteiger partial charge >= 0.3 is 0 Å². The maximum Gasteiger partial charge on any atom is 0.0415 e. The van der Waals surface area contributed by atoms with Crippen molar-refractivity contribution in [3.8, 4) is 0 Å². The molecule has 1 heterocycles. The predicted octanol–water partition coefficient (Wildman–Crippen LogP) is 3.92. The average Bonchev–Trinajstić information content (AvgIpc) is 2.78. The standard InChI is InChI=1S/C15H20N2/c1-15(2,3)13-6-4-5-7-14(13)17-11-12-8-9-16-10-12/h4-10,16-17H,11H2,1-3H3. The van der Waals surface area contributed by atoms with Crippen molar-refractivity contribution in [1.82, 2.24) is 4.98 Å². The monoisotopic (exact) mass is 228 g/mol. The van der Waals surface area contributed by atoms with Gasteiger partial charge in [-0.1, -0.05) is 39.0 Å². The van der Waals surface area contributed by atoms with Crippen molar-refractivity contribution in [3.05, 3.63) is 53.9 Å². The predicted molar refractivity (Wildman–Crippen MR) is 73.3 cm³/mol. The number of rotatable bonds is 3. The van der Waals surface area contributed by atoms with E-state index in [-0.39, 0.29) is 5.41 Å². The molecule has 0 saturated heterocycles. The summed E-state index contributed by atoms with van der Waals surface area (Å²) in [6, 6.07) is 10.6. The van der Waals surface area contributed by atoms with Gasteiger partial charge in [0.1, 0.15) is 0 Å². The lowest BCUT2D eigenvalue weighted by molar-refractivity contribution is 0.591. The first-order valence-corrected chi connectivity index (χ1v) is 6.02. The summed E-state index contributed by atoms with van der Waals surface area (Å²) in [7, 11) is 0. The van der Waals surface area contributed by atoms with Crippen LogP contribution in [0, 0.1) is 0 Å². The third-order valence-electron chi connectivity index (χ3n) is 2.88. The molecule has 0 fully saturated rings. The van der Waals surface area contributed by atoms with Crippen LogP contribution in [0.1, 0.15) is 31.9 Å². The zero-order valence-corrected chi connectivity index (χ0v) is 10.7. The minimum absolute atomic E-state index is 0.168. The molecule has 0 bridgehead atoms. The van der Waals surface area contributed by atoms with Crippen molar-refractivity contribution in [3.63, 3.8) is 0 Å². The van der Waals surface area contributed by atoms with Crippen molar-refractivity contribution in [2.45, 2.75) is 32.7 Å². The first-order valence-electron chi connectivity index (χ1n) is 6.02. The van der Waals surface area contributed by atoms with E-state index in [4.69, 9.17) is 0 Å². The Balaban J connectivity index is 2.16. The van der Waals surface area contributed by atoms with Crippen LogP contribution in [0.15, 0.2) is 42.7 Å². The summed E-state index contributed by atoms with van der Waals surface area (Å²) in [6.07, 6.45) is 3.97. The first kappa shape index (κ1) is 11.8. The van der Waals surface area contributed by atoms with Gasteiger partial charge in [0.15, 0.2) is 0 Å². The average molecular weight is 228 g/mol. The van der Waals surface area contributed by atoms with Gasteiger partial charge in [-0.2, -0.15) is 0 Å². The van der Waals surface area contributed by atoms with Gasteiger partial charge in [0.25, 0.3) is 0 Å². The van der Waals surface area contributed by atoms with E-state index in [1.54, 1.807) is 0 Å². The Labute approximate surface area is 103 Å². The van der Waals surface area contributed by atoms with Crippen LogP contribution in [0.25, 0.3) is 0 Å². The lowest BCUT2D eigenvalue weighted by Gasteiger charge is -2.23. The highest BCUT2D eigenvalue weighted by Crippen LogP contribution is 2.29. The van der Waals surface area contributed by atoms with Crippen molar-refractivity contribution >= 4 is 5.69 Å². The molecule has 0 atom stereocenters. The van der Waals surface area contributed by atoms with Crippen LogP contribution in [0.2, 0.25) is 0 Å². The molecule has 0 aliphatic carbocycles. The normalized spacial score (nSPS) is 11.5. The van der Waals surface area contributed by atoms with Gasteiger partial charge in [-0.05, 0) is 28.7 Å². The maximum atomic E-state index is 3.50. The third-order valence-corrected chi connectivity index (χ3v) is 2.88. The Bertz CT molecular complexity index is 464. The summed E-state index contributed by atoms with van der Waals surface area (Å²) in [5.41, 5.74) is 4.02. The highest BCUT2D eigenvalue weighted by Gasteiger charge is 2.16. The van der Waals surface area contributed by atoms with E-state index in [0.29, 0.717) is 0 Å². The van der Waals surface area contributed by atoms with Gasteiger partial charge in [-0.25, -0.2) is 0 Å². The fourth-order valence-corrected chi connectivity index (χ4v) is 1.96. The Morgan fingerprint density at radius 2 is 1.88 bits per heavy atom. The Morgan fingerprint density at radius 1 is 1.12 bits per heavy atom. The number of nitrogens with one attached hydrogen (secondary N) is 2. The van der Waals surface area contributed by atoms with Crippen molar-refractivity contribution in [2.75, 3.05) is 5.32 Å². The fourth-order valence-electron chi connectivity index (χ4n) is 1.96. The number of para-hydroxylation sites is 1. The second-order valence-corrected chi connectivity index (χ2v) is 5.37. The molecule has 0 spiro atoms. The van der Waals surface area contributed by atoms with Gasteiger partial charge in [0.05, 0.1) is 0 Å². The Kier molecular flexibility index (Phi) is 3.23. The molecule has 0 aliphatic heterocycles. The lowest BCUT2D eigenvalue weighted by Crippen LogP contribution is -2.14. The van der Waals surface area contributed by atoms with Crippen molar-refractivity contribution < 1.29 is 0 Å². The Hall–Kier alpha value is -1.70. The molecule has 1 aromatic carbocycles. The van der Waals surface area contributed by atoms with Crippen LogP contribution in [-0.4, -0.2) is 4.98 Å². The molecule has 0 amide bonds. The number of aromatic amines is 1. The van der Waals surface area contributed by atoms with Crippen LogP contribution in [0.4, 0.5) is 5.69 Å².